The predicted molar refractivity (Wildman–Crippen MR) is 83.6 cm³/mol. The van der Waals surface area contributed by atoms with Crippen LogP contribution in [0, 0.1) is 0 Å². The van der Waals surface area contributed by atoms with E-state index in [4.69, 9.17) is 0 Å². The normalized spacial score (nSPS) is 10.4. The summed E-state index contributed by atoms with van der Waals surface area (Å²) in [5.41, 5.74) is 2.18. The first kappa shape index (κ1) is 15.0. The third-order valence-electron chi connectivity index (χ3n) is 2.96. The van der Waals surface area contributed by atoms with Gasteiger partial charge in [0.15, 0.2) is 0 Å². The fourth-order valence-corrected chi connectivity index (χ4v) is 1.97. The Morgan fingerprint density at radius 2 is 2.14 bits per heavy atom. The Labute approximate surface area is 124 Å². The fraction of sp³-hybridized carbons (Fsp3) is 0.400. The molecule has 0 aromatic carbocycles. The van der Waals surface area contributed by atoms with E-state index in [0.717, 1.165) is 37.3 Å². The molecule has 0 saturated carbocycles. The Balaban J connectivity index is 2.19. The van der Waals surface area contributed by atoms with Gasteiger partial charge in [-0.15, -0.1) is 0 Å². The van der Waals surface area contributed by atoms with Crippen molar-refractivity contribution in [2.75, 3.05) is 17.2 Å². The summed E-state index contributed by atoms with van der Waals surface area (Å²) in [5, 5.41) is 12.5. The Hall–Kier alpha value is -2.37. The predicted octanol–water partition coefficient (Wildman–Crippen LogP) is 2.83. The number of carbonyl (C=O) groups excluding carboxylic acids is 1. The van der Waals surface area contributed by atoms with E-state index < -0.39 is 0 Å². The highest BCUT2D eigenvalue weighted by Crippen LogP contribution is 2.14. The molecule has 2 aromatic rings. The van der Waals surface area contributed by atoms with E-state index in [1.54, 1.807) is 18.5 Å². The van der Waals surface area contributed by atoms with Gasteiger partial charge in [0.2, 0.25) is 0 Å². The number of anilines is 2. The summed E-state index contributed by atoms with van der Waals surface area (Å²) < 4.78 is 0. The lowest BCUT2D eigenvalue weighted by Gasteiger charge is -2.10. The number of carbonyl (C=O) groups is 1. The zero-order chi connectivity index (χ0) is 15.1. The van der Waals surface area contributed by atoms with Crippen molar-refractivity contribution >= 4 is 17.4 Å². The highest BCUT2D eigenvalue weighted by molar-refractivity contribution is 6.04. The van der Waals surface area contributed by atoms with Gasteiger partial charge in [0.25, 0.3) is 5.91 Å². The third-order valence-corrected chi connectivity index (χ3v) is 2.96. The lowest BCUT2D eigenvalue weighted by molar-refractivity contribution is 0.102. The van der Waals surface area contributed by atoms with Gasteiger partial charge >= 0.3 is 0 Å². The molecule has 2 rings (SSSR count). The first-order valence-corrected chi connectivity index (χ1v) is 7.28. The van der Waals surface area contributed by atoms with Crippen molar-refractivity contribution in [1.82, 2.24) is 15.2 Å². The highest BCUT2D eigenvalue weighted by Gasteiger charge is 2.10. The second kappa shape index (κ2) is 7.42. The molecule has 0 aliphatic carbocycles. The van der Waals surface area contributed by atoms with Gasteiger partial charge in [-0.25, -0.2) is 4.98 Å². The quantitative estimate of drug-likeness (QED) is 0.731. The molecule has 6 nitrogen and oxygen atoms in total. The summed E-state index contributed by atoms with van der Waals surface area (Å²) in [6, 6.07) is 3.63. The standard InChI is InChI=1S/C15H21N5O/c1-3-5-12-7-11(8-14(19-12)16-6-4-2)15(21)20-13-9-17-18-10-13/h7-10H,3-6H2,1-2H3,(H,16,19)(H,17,18)(H,20,21). The van der Waals surface area contributed by atoms with Gasteiger partial charge in [-0.3, -0.25) is 9.89 Å². The van der Waals surface area contributed by atoms with Crippen LogP contribution in [-0.2, 0) is 6.42 Å². The summed E-state index contributed by atoms with van der Waals surface area (Å²) in [6.45, 7) is 5.03. The molecule has 6 heteroatoms. The number of nitrogens with zero attached hydrogens (tertiary/aromatic N) is 2. The molecule has 0 atom stereocenters. The van der Waals surface area contributed by atoms with Crippen LogP contribution < -0.4 is 10.6 Å². The van der Waals surface area contributed by atoms with E-state index in [0.29, 0.717) is 11.3 Å². The van der Waals surface area contributed by atoms with Crippen LogP contribution in [0.5, 0.6) is 0 Å². The van der Waals surface area contributed by atoms with Crippen LogP contribution in [0.2, 0.25) is 0 Å². The van der Waals surface area contributed by atoms with Crippen LogP contribution in [0.25, 0.3) is 0 Å². The fourth-order valence-electron chi connectivity index (χ4n) is 1.97. The van der Waals surface area contributed by atoms with E-state index in [9.17, 15) is 4.79 Å². The molecule has 1 amide bonds. The molecule has 0 aliphatic heterocycles. The zero-order valence-corrected chi connectivity index (χ0v) is 12.4. The van der Waals surface area contributed by atoms with Crippen molar-refractivity contribution < 1.29 is 4.79 Å². The van der Waals surface area contributed by atoms with Crippen molar-refractivity contribution in [3.05, 3.63) is 35.8 Å². The van der Waals surface area contributed by atoms with Gasteiger partial charge in [0.05, 0.1) is 11.9 Å². The first-order valence-electron chi connectivity index (χ1n) is 7.28. The molecule has 0 fully saturated rings. The van der Waals surface area contributed by atoms with Gasteiger partial charge in [0.1, 0.15) is 5.82 Å². The molecule has 0 saturated heterocycles. The number of rotatable bonds is 7. The summed E-state index contributed by atoms with van der Waals surface area (Å²) >= 11 is 0. The summed E-state index contributed by atoms with van der Waals surface area (Å²) in [7, 11) is 0. The molecule has 21 heavy (non-hydrogen) atoms. The molecule has 2 heterocycles. The van der Waals surface area contributed by atoms with Crippen LogP contribution in [0.15, 0.2) is 24.5 Å². The number of amides is 1. The highest BCUT2D eigenvalue weighted by atomic mass is 16.1. The molecule has 112 valence electrons. The minimum atomic E-state index is -0.157. The lowest BCUT2D eigenvalue weighted by Crippen LogP contribution is -2.14. The van der Waals surface area contributed by atoms with Gasteiger partial charge in [0, 0.05) is 24.0 Å². The Kier molecular flexibility index (Phi) is 5.31. The maximum atomic E-state index is 12.3. The molecule has 0 radical (unpaired) electrons. The number of aromatic nitrogens is 3. The lowest BCUT2D eigenvalue weighted by atomic mass is 10.1. The van der Waals surface area contributed by atoms with Crippen LogP contribution in [0.3, 0.4) is 0 Å². The number of H-pyrrole nitrogens is 1. The average molecular weight is 287 g/mol. The van der Waals surface area contributed by atoms with E-state index >= 15 is 0 Å². The summed E-state index contributed by atoms with van der Waals surface area (Å²) in [5.74, 6) is 0.593. The molecular weight excluding hydrogens is 266 g/mol. The van der Waals surface area contributed by atoms with Crippen LogP contribution in [-0.4, -0.2) is 27.6 Å². The molecule has 0 aliphatic rings. The SMILES string of the molecule is CCCNc1cc(C(=O)Nc2cn[nH]c2)cc(CCC)n1. The smallest absolute Gasteiger partial charge is 0.255 e. The van der Waals surface area contributed by atoms with Crippen molar-refractivity contribution in [3.8, 4) is 0 Å². The Bertz CT molecular complexity index is 580. The Morgan fingerprint density at radius 1 is 1.29 bits per heavy atom. The number of hydrogen-bond acceptors (Lipinski definition) is 4. The van der Waals surface area contributed by atoms with Crippen molar-refractivity contribution in [3.63, 3.8) is 0 Å². The number of pyridine rings is 1. The summed E-state index contributed by atoms with van der Waals surface area (Å²) in [4.78, 5) is 16.8. The van der Waals surface area contributed by atoms with Crippen molar-refractivity contribution in [2.24, 2.45) is 0 Å². The third kappa shape index (κ3) is 4.30. The van der Waals surface area contributed by atoms with E-state index in [1.165, 1.54) is 0 Å². The summed E-state index contributed by atoms with van der Waals surface area (Å²) in [6.07, 6.45) is 6.07. The van der Waals surface area contributed by atoms with Crippen LogP contribution in [0.1, 0.15) is 42.7 Å². The number of aryl methyl sites for hydroxylation is 1. The average Bonchev–Trinajstić information content (AvgIpc) is 2.98. The topological polar surface area (TPSA) is 82.7 Å². The number of nitrogens with one attached hydrogen (secondary N) is 3. The van der Waals surface area contributed by atoms with E-state index in [2.05, 4.69) is 39.7 Å². The maximum Gasteiger partial charge on any atom is 0.255 e. The molecule has 0 bridgehead atoms. The second-order valence-electron chi connectivity index (χ2n) is 4.85. The van der Waals surface area contributed by atoms with E-state index in [-0.39, 0.29) is 5.91 Å². The number of aromatic amines is 1. The minimum Gasteiger partial charge on any atom is -0.370 e. The molecule has 3 N–H and O–H groups in total. The largest absolute Gasteiger partial charge is 0.370 e. The molecule has 0 unspecified atom stereocenters. The Morgan fingerprint density at radius 3 is 2.81 bits per heavy atom. The first-order chi connectivity index (χ1) is 10.2. The second-order valence-corrected chi connectivity index (χ2v) is 4.85. The molecule has 0 spiro atoms. The molecular formula is C15H21N5O. The van der Waals surface area contributed by atoms with Gasteiger partial charge < -0.3 is 10.6 Å². The van der Waals surface area contributed by atoms with Crippen molar-refractivity contribution in [1.29, 1.82) is 0 Å². The van der Waals surface area contributed by atoms with Crippen LogP contribution in [0.4, 0.5) is 11.5 Å². The van der Waals surface area contributed by atoms with Gasteiger partial charge in [-0.1, -0.05) is 20.3 Å². The van der Waals surface area contributed by atoms with Gasteiger partial charge in [-0.05, 0) is 25.0 Å². The van der Waals surface area contributed by atoms with Gasteiger partial charge in [-0.2, -0.15) is 5.10 Å². The molecule has 2 aromatic heterocycles. The van der Waals surface area contributed by atoms with Crippen LogP contribution >= 0.6 is 0 Å². The number of hydrogen-bond donors (Lipinski definition) is 3. The van der Waals surface area contributed by atoms with E-state index in [1.807, 2.05) is 6.07 Å². The minimum absolute atomic E-state index is 0.157. The zero-order valence-electron chi connectivity index (χ0n) is 12.4. The monoisotopic (exact) mass is 287 g/mol. The maximum absolute atomic E-state index is 12.3. The van der Waals surface area contributed by atoms with Crippen molar-refractivity contribution in [2.45, 2.75) is 33.1 Å².